The monoisotopic (exact) mass is 306 g/mol. The van der Waals surface area contributed by atoms with E-state index in [0.717, 1.165) is 11.1 Å². The van der Waals surface area contributed by atoms with Crippen molar-refractivity contribution >= 4 is 11.5 Å². The van der Waals surface area contributed by atoms with Gasteiger partial charge in [0.1, 0.15) is 11.5 Å². The van der Waals surface area contributed by atoms with Gasteiger partial charge in [0.05, 0.1) is 5.41 Å². The van der Waals surface area contributed by atoms with Gasteiger partial charge < -0.3 is 16.5 Å². The van der Waals surface area contributed by atoms with Crippen LogP contribution in [0, 0.1) is 0 Å². The molecule has 0 spiro atoms. The first-order valence-corrected chi connectivity index (χ1v) is 7.30. The normalized spacial score (nSPS) is 11.3. The van der Waals surface area contributed by atoms with Crippen LogP contribution in [0.25, 0.3) is 0 Å². The Balaban J connectivity index is 2.32. The van der Waals surface area contributed by atoms with Crippen molar-refractivity contribution in [1.29, 1.82) is 0 Å². The summed E-state index contributed by atoms with van der Waals surface area (Å²) in [5, 5.41) is 0. The van der Waals surface area contributed by atoms with E-state index in [4.69, 9.17) is 11.5 Å². The molecule has 0 aliphatic carbocycles. The van der Waals surface area contributed by atoms with Crippen molar-refractivity contribution in [3.63, 3.8) is 0 Å². The largest absolute Gasteiger partial charge is 0.391 e. The van der Waals surface area contributed by atoms with Crippen molar-refractivity contribution in [2.45, 2.75) is 12.3 Å². The fourth-order valence-electron chi connectivity index (χ4n) is 2.72. The minimum Gasteiger partial charge on any atom is -0.391 e. The van der Waals surface area contributed by atoms with Gasteiger partial charge in [-0.25, -0.2) is 4.98 Å². The highest BCUT2D eigenvalue weighted by molar-refractivity contribution is 5.57. The number of H-pyrrole nitrogens is 1. The molecule has 0 radical (unpaired) electrons. The van der Waals surface area contributed by atoms with Crippen LogP contribution in [0.3, 0.4) is 0 Å². The lowest BCUT2D eigenvalue weighted by Gasteiger charge is -2.30. The number of nitrogens with two attached hydrogens (primary N) is 2. The van der Waals surface area contributed by atoms with Crippen molar-refractivity contribution in [3.05, 3.63) is 88.0 Å². The summed E-state index contributed by atoms with van der Waals surface area (Å²) in [6.45, 7) is 2.01. The Bertz CT molecular complexity index is 833. The van der Waals surface area contributed by atoms with Crippen LogP contribution in [0.2, 0.25) is 0 Å². The molecule has 1 heterocycles. The molecular weight excluding hydrogens is 288 g/mol. The third kappa shape index (κ3) is 2.46. The minimum absolute atomic E-state index is 0.0434. The second-order valence-electron chi connectivity index (χ2n) is 5.57. The molecule has 0 bridgehead atoms. The zero-order valence-electron chi connectivity index (χ0n) is 12.8. The molecule has 0 unspecified atom stereocenters. The molecule has 0 atom stereocenters. The molecule has 1 aromatic heterocycles. The quantitative estimate of drug-likeness (QED) is 0.691. The number of aromatic amines is 1. The van der Waals surface area contributed by atoms with E-state index in [9.17, 15) is 4.79 Å². The Kier molecular flexibility index (Phi) is 3.62. The first kappa shape index (κ1) is 14.8. The number of nitrogens with zero attached hydrogens (tertiary/aromatic N) is 1. The predicted molar refractivity (Wildman–Crippen MR) is 92.1 cm³/mol. The van der Waals surface area contributed by atoms with Crippen LogP contribution in [-0.2, 0) is 5.41 Å². The van der Waals surface area contributed by atoms with Crippen molar-refractivity contribution in [2.75, 3.05) is 11.5 Å². The number of nitrogen functional groups attached to an aromatic ring is 2. The Morgan fingerprint density at radius 1 is 0.913 bits per heavy atom. The highest BCUT2D eigenvalue weighted by atomic mass is 16.1. The van der Waals surface area contributed by atoms with Gasteiger partial charge in [0.15, 0.2) is 5.82 Å². The Morgan fingerprint density at radius 2 is 1.39 bits per heavy atom. The summed E-state index contributed by atoms with van der Waals surface area (Å²) in [4.78, 5) is 19.2. The maximum absolute atomic E-state index is 12.1. The van der Waals surface area contributed by atoms with Gasteiger partial charge >= 0.3 is 0 Å². The highest BCUT2D eigenvalue weighted by Gasteiger charge is 2.34. The second kappa shape index (κ2) is 5.61. The molecule has 3 aromatic rings. The van der Waals surface area contributed by atoms with E-state index in [1.807, 2.05) is 67.6 Å². The zero-order chi connectivity index (χ0) is 16.4. The zero-order valence-corrected chi connectivity index (χ0v) is 12.8. The fraction of sp³-hybridized carbons (Fsp3) is 0.111. The maximum Gasteiger partial charge on any atom is 0.276 e. The van der Waals surface area contributed by atoms with Crippen LogP contribution in [-0.4, -0.2) is 9.97 Å². The lowest BCUT2D eigenvalue weighted by atomic mass is 9.75. The van der Waals surface area contributed by atoms with Crippen LogP contribution in [0.5, 0.6) is 0 Å². The van der Waals surface area contributed by atoms with E-state index >= 15 is 0 Å². The number of nitrogens with one attached hydrogen (secondary N) is 1. The van der Waals surface area contributed by atoms with Gasteiger partial charge in [0, 0.05) is 0 Å². The summed E-state index contributed by atoms with van der Waals surface area (Å²) in [6, 6.07) is 19.7. The van der Waals surface area contributed by atoms with E-state index in [1.165, 1.54) is 0 Å². The summed E-state index contributed by atoms with van der Waals surface area (Å²) in [5.74, 6) is 0.508. The number of aromatic nitrogens is 2. The number of rotatable bonds is 3. The standard InChI is InChI=1S/C18H18N4O/c1-18(12-8-4-2-5-9-12,13-10-6-3-7-11-13)17-21-15(20)14(19)16(23)22-17/h2-11H,19H2,1H3,(H3,20,21,22,23). The lowest BCUT2D eigenvalue weighted by molar-refractivity contribution is 0.633. The Morgan fingerprint density at radius 3 is 1.83 bits per heavy atom. The molecule has 5 nitrogen and oxygen atoms in total. The van der Waals surface area contributed by atoms with Gasteiger partial charge in [0.2, 0.25) is 0 Å². The van der Waals surface area contributed by atoms with Crippen LogP contribution in [0.15, 0.2) is 65.5 Å². The molecular formula is C18H18N4O. The van der Waals surface area contributed by atoms with Gasteiger partial charge in [-0.15, -0.1) is 0 Å². The lowest BCUT2D eigenvalue weighted by Crippen LogP contribution is -2.32. The molecule has 0 aliphatic rings. The third-order valence-electron chi connectivity index (χ3n) is 4.16. The van der Waals surface area contributed by atoms with E-state index in [0.29, 0.717) is 5.82 Å². The van der Waals surface area contributed by atoms with E-state index < -0.39 is 11.0 Å². The summed E-state index contributed by atoms with van der Waals surface area (Å²) >= 11 is 0. The first-order valence-electron chi connectivity index (χ1n) is 7.30. The van der Waals surface area contributed by atoms with Crippen molar-refractivity contribution in [3.8, 4) is 0 Å². The molecule has 23 heavy (non-hydrogen) atoms. The molecule has 116 valence electrons. The number of hydrogen-bond donors (Lipinski definition) is 3. The van der Waals surface area contributed by atoms with Gasteiger partial charge in [-0.05, 0) is 18.1 Å². The van der Waals surface area contributed by atoms with Crippen molar-refractivity contribution < 1.29 is 0 Å². The topological polar surface area (TPSA) is 97.8 Å². The Hall–Kier alpha value is -3.08. The summed E-state index contributed by atoms with van der Waals surface area (Å²) in [7, 11) is 0. The second-order valence-corrected chi connectivity index (χ2v) is 5.57. The molecule has 5 N–H and O–H groups in total. The predicted octanol–water partition coefficient (Wildman–Crippen LogP) is 2.29. The molecule has 0 saturated heterocycles. The van der Waals surface area contributed by atoms with Crippen LogP contribution >= 0.6 is 0 Å². The molecule has 0 saturated carbocycles. The molecule has 0 aliphatic heterocycles. The number of hydrogen-bond acceptors (Lipinski definition) is 4. The molecule has 0 amide bonds. The first-order chi connectivity index (χ1) is 11.0. The Labute approximate surface area is 134 Å². The van der Waals surface area contributed by atoms with Crippen LogP contribution in [0.1, 0.15) is 23.9 Å². The molecule has 2 aromatic carbocycles. The molecule has 3 rings (SSSR count). The van der Waals surface area contributed by atoms with Gasteiger partial charge in [0.25, 0.3) is 5.56 Å². The maximum atomic E-state index is 12.1. The number of benzene rings is 2. The summed E-state index contributed by atoms with van der Waals surface area (Å²) in [6.07, 6.45) is 0. The summed E-state index contributed by atoms with van der Waals surface area (Å²) < 4.78 is 0. The van der Waals surface area contributed by atoms with E-state index in [1.54, 1.807) is 0 Å². The highest BCUT2D eigenvalue weighted by Crippen LogP contribution is 2.36. The van der Waals surface area contributed by atoms with E-state index in [2.05, 4.69) is 9.97 Å². The molecule has 0 fully saturated rings. The van der Waals surface area contributed by atoms with Crippen molar-refractivity contribution in [1.82, 2.24) is 9.97 Å². The van der Waals surface area contributed by atoms with Crippen molar-refractivity contribution in [2.24, 2.45) is 0 Å². The third-order valence-corrected chi connectivity index (χ3v) is 4.16. The van der Waals surface area contributed by atoms with Gasteiger partial charge in [-0.2, -0.15) is 0 Å². The average molecular weight is 306 g/mol. The smallest absolute Gasteiger partial charge is 0.276 e. The molecule has 5 heteroatoms. The SMILES string of the molecule is CC(c1ccccc1)(c1ccccc1)c1nc(N)c(N)c(=O)[nH]1. The average Bonchev–Trinajstić information content (AvgIpc) is 2.60. The fourth-order valence-corrected chi connectivity index (χ4v) is 2.72. The van der Waals surface area contributed by atoms with Gasteiger partial charge in [-0.1, -0.05) is 60.7 Å². The van der Waals surface area contributed by atoms with Crippen LogP contribution in [0.4, 0.5) is 11.5 Å². The van der Waals surface area contributed by atoms with E-state index in [-0.39, 0.29) is 11.5 Å². The minimum atomic E-state index is -0.649. The summed E-state index contributed by atoms with van der Waals surface area (Å²) in [5.41, 5.74) is 12.3. The van der Waals surface area contributed by atoms with Crippen LogP contribution < -0.4 is 17.0 Å². The van der Waals surface area contributed by atoms with Gasteiger partial charge in [-0.3, -0.25) is 4.79 Å². The number of anilines is 2.